The number of benzene rings is 1. The zero-order valence-electron chi connectivity index (χ0n) is 11.8. The summed E-state index contributed by atoms with van der Waals surface area (Å²) in [6, 6.07) is 5.07. The second kappa shape index (κ2) is 6.53. The Balaban J connectivity index is 2.03. The van der Waals surface area contributed by atoms with E-state index in [9.17, 15) is 14.9 Å². The molecular weight excluding hydrogens is 276 g/mol. The van der Waals surface area contributed by atoms with E-state index in [1.54, 1.807) is 6.07 Å². The molecular formula is C14H18N2O5. The molecule has 0 aliphatic carbocycles. The monoisotopic (exact) mass is 294 g/mol. The third-order valence-corrected chi connectivity index (χ3v) is 3.55. The van der Waals surface area contributed by atoms with Crippen molar-refractivity contribution in [3.8, 4) is 0 Å². The zero-order valence-corrected chi connectivity index (χ0v) is 11.8. The maximum absolute atomic E-state index is 11.1. The van der Waals surface area contributed by atoms with E-state index < -0.39 is 5.97 Å². The first-order chi connectivity index (χ1) is 9.97. The second-order valence-electron chi connectivity index (χ2n) is 5.14. The number of piperidine rings is 1. The lowest BCUT2D eigenvalue weighted by Gasteiger charge is -2.33. The van der Waals surface area contributed by atoms with Crippen LogP contribution in [-0.2, 0) is 9.53 Å². The highest BCUT2D eigenvalue weighted by atomic mass is 16.6. The van der Waals surface area contributed by atoms with Gasteiger partial charge in [-0.1, -0.05) is 6.07 Å². The number of anilines is 1. The van der Waals surface area contributed by atoms with Crippen molar-refractivity contribution in [1.82, 2.24) is 0 Å². The molecule has 0 saturated carbocycles. The fourth-order valence-electron chi connectivity index (χ4n) is 2.49. The topological polar surface area (TPSA) is 92.9 Å². The van der Waals surface area contributed by atoms with E-state index in [2.05, 4.69) is 0 Å². The maximum atomic E-state index is 11.1. The van der Waals surface area contributed by atoms with Gasteiger partial charge in [0.25, 0.3) is 5.69 Å². The lowest BCUT2D eigenvalue weighted by atomic mass is 10.1. The summed E-state index contributed by atoms with van der Waals surface area (Å²) in [7, 11) is 0. The lowest BCUT2D eigenvalue weighted by Crippen LogP contribution is -2.38. The van der Waals surface area contributed by atoms with E-state index in [4.69, 9.17) is 9.84 Å². The van der Waals surface area contributed by atoms with Crippen LogP contribution in [0.4, 0.5) is 11.4 Å². The lowest BCUT2D eigenvalue weighted by molar-refractivity contribution is -0.384. The first kappa shape index (κ1) is 15.2. The molecule has 21 heavy (non-hydrogen) atoms. The van der Waals surface area contributed by atoms with Crippen LogP contribution in [0.1, 0.15) is 18.4 Å². The standard InChI is InChI=1S/C14H18N2O5/c1-10-2-3-12(16(19)20)13(8-10)15-6-4-11(5-7-15)21-9-14(17)18/h2-3,8,11H,4-7,9H2,1H3,(H,17,18). The molecule has 2 rings (SSSR count). The van der Waals surface area contributed by atoms with E-state index >= 15 is 0 Å². The van der Waals surface area contributed by atoms with Gasteiger partial charge in [0.05, 0.1) is 11.0 Å². The molecule has 0 aromatic heterocycles. The molecule has 1 aliphatic heterocycles. The van der Waals surface area contributed by atoms with E-state index in [-0.39, 0.29) is 23.3 Å². The van der Waals surface area contributed by atoms with Crippen molar-refractivity contribution in [3.63, 3.8) is 0 Å². The molecule has 1 aromatic carbocycles. The smallest absolute Gasteiger partial charge is 0.329 e. The van der Waals surface area contributed by atoms with Crippen LogP contribution < -0.4 is 4.90 Å². The Hall–Kier alpha value is -2.15. The number of aryl methyl sites for hydroxylation is 1. The molecule has 1 N–H and O–H groups in total. The quantitative estimate of drug-likeness (QED) is 0.659. The summed E-state index contributed by atoms with van der Waals surface area (Å²) in [6.07, 6.45) is 1.23. The Kier molecular flexibility index (Phi) is 4.74. The van der Waals surface area contributed by atoms with Gasteiger partial charge in [0.1, 0.15) is 12.3 Å². The molecule has 0 atom stereocenters. The normalized spacial score (nSPS) is 16.0. The number of carboxylic acid groups (broad SMARTS) is 1. The van der Waals surface area contributed by atoms with Crippen LogP contribution in [-0.4, -0.2) is 41.8 Å². The number of nitro groups is 1. The predicted molar refractivity (Wildman–Crippen MR) is 76.7 cm³/mol. The fraction of sp³-hybridized carbons (Fsp3) is 0.500. The third kappa shape index (κ3) is 3.91. The number of hydrogen-bond acceptors (Lipinski definition) is 5. The summed E-state index contributed by atoms with van der Waals surface area (Å²) in [4.78, 5) is 23.2. The summed E-state index contributed by atoms with van der Waals surface area (Å²) < 4.78 is 5.27. The van der Waals surface area contributed by atoms with Gasteiger partial charge in [0.2, 0.25) is 0 Å². The number of hydrogen-bond donors (Lipinski definition) is 1. The number of nitrogens with zero attached hydrogens (tertiary/aromatic N) is 2. The number of carboxylic acids is 1. The van der Waals surface area contributed by atoms with Gasteiger partial charge in [-0.25, -0.2) is 4.79 Å². The van der Waals surface area contributed by atoms with Crippen molar-refractivity contribution in [2.24, 2.45) is 0 Å². The molecule has 0 spiro atoms. The van der Waals surface area contributed by atoms with E-state index in [1.165, 1.54) is 6.07 Å². The minimum atomic E-state index is -0.980. The van der Waals surface area contributed by atoms with Crippen molar-refractivity contribution in [3.05, 3.63) is 33.9 Å². The Morgan fingerprint density at radius 1 is 1.48 bits per heavy atom. The Bertz CT molecular complexity index is 538. The van der Waals surface area contributed by atoms with Crippen LogP contribution in [0.25, 0.3) is 0 Å². The van der Waals surface area contributed by atoms with Crippen LogP contribution in [0.2, 0.25) is 0 Å². The molecule has 114 valence electrons. The molecule has 0 unspecified atom stereocenters. The molecule has 1 aromatic rings. The van der Waals surface area contributed by atoms with Crippen molar-refractivity contribution in [2.75, 3.05) is 24.6 Å². The average Bonchev–Trinajstić information content (AvgIpc) is 2.45. The highest BCUT2D eigenvalue weighted by molar-refractivity contribution is 5.68. The Labute approximate surface area is 122 Å². The van der Waals surface area contributed by atoms with Gasteiger partial charge in [-0.3, -0.25) is 10.1 Å². The van der Waals surface area contributed by atoms with E-state index in [0.717, 1.165) is 5.56 Å². The molecule has 1 saturated heterocycles. The van der Waals surface area contributed by atoms with E-state index in [1.807, 2.05) is 17.9 Å². The summed E-state index contributed by atoms with van der Waals surface area (Å²) in [5, 5.41) is 19.7. The summed E-state index contributed by atoms with van der Waals surface area (Å²) in [6.45, 7) is 2.84. The third-order valence-electron chi connectivity index (χ3n) is 3.55. The minimum Gasteiger partial charge on any atom is -0.480 e. The second-order valence-corrected chi connectivity index (χ2v) is 5.14. The predicted octanol–water partition coefficient (Wildman–Crippen LogP) is 1.97. The van der Waals surface area contributed by atoms with Gasteiger partial charge in [-0.05, 0) is 31.4 Å². The van der Waals surface area contributed by atoms with Crippen molar-refractivity contribution in [1.29, 1.82) is 0 Å². The van der Waals surface area contributed by atoms with Crippen LogP contribution in [0, 0.1) is 17.0 Å². The maximum Gasteiger partial charge on any atom is 0.329 e. The van der Waals surface area contributed by atoms with Crippen molar-refractivity contribution < 1.29 is 19.6 Å². The first-order valence-corrected chi connectivity index (χ1v) is 6.81. The molecule has 7 nitrogen and oxygen atoms in total. The van der Waals surface area contributed by atoms with Gasteiger partial charge in [-0.15, -0.1) is 0 Å². The fourth-order valence-corrected chi connectivity index (χ4v) is 2.49. The van der Waals surface area contributed by atoms with Crippen LogP contribution >= 0.6 is 0 Å². The van der Waals surface area contributed by atoms with E-state index in [0.29, 0.717) is 31.6 Å². The van der Waals surface area contributed by atoms with Crippen LogP contribution in [0.5, 0.6) is 0 Å². The number of aliphatic carboxylic acids is 1. The Morgan fingerprint density at radius 3 is 2.71 bits per heavy atom. The van der Waals surface area contributed by atoms with Crippen molar-refractivity contribution in [2.45, 2.75) is 25.9 Å². The highest BCUT2D eigenvalue weighted by Crippen LogP contribution is 2.31. The van der Waals surface area contributed by atoms with Gasteiger partial charge < -0.3 is 14.7 Å². The molecule has 0 radical (unpaired) electrons. The van der Waals surface area contributed by atoms with Gasteiger partial charge >= 0.3 is 5.97 Å². The molecule has 0 amide bonds. The number of rotatable bonds is 5. The van der Waals surface area contributed by atoms with Crippen molar-refractivity contribution >= 4 is 17.3 Å². The molecule has 7 heteroatoms. The zero-order chi connectivity index (χ0) is 15.4. The summed E-state index contributed by atoms with van der Waals surface area (Å²) >= 11 is 0. The molecule has 1 heterocycles. The molecule has 1 aliphatic rings. The first-order valence-electron chi connectivity index (χ1n) is 6.81. The van der Waals surface area contributed by atoms with Crippen LogP contribution in [0.3, 0.4) is 0 Å². The van der Waals surface area contributed by atoms with Gasteiger partial charge in [0, 0.05) is 19.2 Å². The van der Waals surface area contributed by atoms with Crippen LogP contribution in [0.15, 0.2) is 18.2 Å². The SMILES string of the molecule is Cc1ccc([N+](=O)[O-])c(N2CCC(OCC(=O)O)CC2)c1. The number of carbonyl (C=O) groups is 1. The van der Waals surface area contributed by atoms with Gasteiger partial charge in [0.15, 0.2) is 0 Å². The number of ether oxygens (including phenoxy) is 1. The minimum absolute atomic E-state index is 0.0961. The number of nitro benzene ring substituents is 1. The van der Waals surface area contributed by atoms with Gasteiger partial charge in [-0.2, -0.15) is 0 Å². The Morgan fingerprint density at radius 2 is 2.14 bits per heavy atom. The summed E-state index contributed by atoms with van der Waals surface area (Å²) in [5.41, 5.74) is 1.70. The highest BCUT2D eigenvalue weighted by Gasteiger charge is 2.25. The molecule has 1 fully saturated rings. The largest absolute Gasteiger partial charge is 0.480 e. The summed E-state index contributed by atoms with van der Waals surface area (Å²) in [5.74, 6) is -0.980. The average molecular weight is 294 g/mol. The molecule has 0 bridgehead atoms.